The van der Waals surface area contributed by atoms with Crippen molar-refractivity contribution in [3.8, 4) is 0 Å². The van der Waals surface area contributed by atoms with Gasteiger partial charge >= 0.3 is 0 Å². The zero-order chi connectivity index (χ0) is 14.0. The highest BCUT2D eigenvalue weighted by atomic mass is 79.9. The van der Waals surface area contributed by atoms with Crippen LogP contribution in [0.15, 0.2) is 22.7 Å². The molecule has 0 aromatic heterocycles. The van der Waals surface area contributed by atoms with Crippen molar-refractivity contribution in [1.82, 2.24) is 5.32 Å². The van der Waals surface area contributed by atoms with E-state index in [1.54, 1.807) is 6.07 Å². The van der Waals surface area contributed by atoms with Crippen LogP contribution < -0.4 is 5.32 Å². The zero-order valence-electron chi connectivity index (χ0n) is 12.0. The number of benzene rings is 1. The van der Waals surface area contributed by atoms with Crippen LogP contribution in [0.2, 0.25) is 0 Å². The molecule has 2 unspecified atom stereocenters. The molecule has 1 aromatic rings. The second kappa shape index (κ2) is 5.92. The third kappa shape index (κ3) is 3.38. The van der Waals surface area contributed by atoms with E-state index >= 15 is 0 Å². The van der Waals surface area contributed by atoms with Crippen molar-refractivity contribution >= 4 is 15.9 Å². The van der Waals surface area contributed by atoms with Gasteiger partial charge in [0.1, 0.15) is 5.82 Å². The Morgan fingerprint density at radius 2 is 2.21 bits per heavy atom. The smallest absolute Gasteiger partial charge is 0.137 e. The van der Waals surface area contributed by atoms with Crippen molar-refractivity contribution in [3.05, 3.63) is 34.1 Å². The predicted octanol–water partition coefficient (Wildman–Crippen LogP) is 4.55. The van der Waals surface area contributed by atoms with E-state index in [2.05, 4.69) is 35.1 Å². The fourth-order valence-corrected chi connectivity index (χ4v) is 3.89. The quantitative estimate of drug-likeness (QED) is 0.855. The number of nitrogens with one attached hydrogen (secondary N) is 1. The summed E-state index contributed by atoms with van der Waals surface area (Å²) in [5, 5.41) is 3.47. The van der Waals surface area contributed by atoms with Crippen LogP contribution >= 0.6 is 15.9 Å². The van der Waals surface area contributed by atoms with Crippen LogP contribution in [0.5, 0.6) is 0 Å². The Balaban J connectivity index is 2.12. The van der Waals surface area contributed by atoms with E-state index in [1.165, 1.54) is 24.8 Å². The summed E-state index contributed by atoms with van der Waals surface area (Å²) in [6, 6.07) is 5.81. The molecule has 106 valence electrons. The van der Waals surface area contributed by atoms with E-state index in [1.807, 2.05) is 19.2 Å². The van der Waals surface area contributed by atoms with Gasteiger partial charge in [0.05, 0.1) is 4.47 Å². The van der Waals surface area contributed by atoms with Crippen molar-refractivity contribution in [2.45, 2.75) is 45.6 Å². The fourth-order valence-electron chi connectivity index (χ4n) is 3.47. The molecule has 0 spiro atoms. The van der Waals surface area contributed by atoms with Gasteiger partial charge in [-0.15, -0.1) is 0 Å². The first kappa shape index (κ1) is 15.0. The highest BCUT2D eigenvalue weighted by molar-refractivity contribution is 9.10. The van der Waals surface area contributed by atoms with Gasteiger partial charge in [0, 0.05) is 6.04 Å². The minimum Gasteiger partial charge on any atom is -0.316 e. The van der Waals surface area contributed by atoms with Gasteiger partial charge in [-0.2, -0.15) is 0 Å². The molecular weight excluding hydrogens is 305 g/mol. The largest absolute Gasteiger partial charge is 0.316 e. The lowest BCUT2D eigenvalue weighted by Gasteiger charge is -2.34. The normalized spacial score (nSPS) is 23.5. The molecule has 1 aliphatic carbocycles. The molecule has 19 heavy (non-hydrogen) atoms. The third-order valence-corrected chi connectivity index (χ3v) is 5.24. The summed E-state index contributed by atoms with van der Waals surface area (Å²) in [6.45, 7) is 4.74. The van der Waals surface area contributed by atoms with Gasteiger partial charge in [0.2, 0.25) is 0 Å². The Kier molecular flexibility index (Phi) is 4.67. The van der Waals surface area contributed by atoms with Crippen LogP contribution in [-0.2, 0) is 6.42 Å². The lowest BCUT2D eigenvalue weighted by Crippen LogP contribution is -2.40. The van der Waals surface area contributed by atoms with Gasteiger partial charge in [-0.25, -0.2) is 4.39 Å². The Morgan fingerprint density at radius 3 is 2.74 bits per heavy atom. The van der Waals surface area contributed by atoms with Gasteiger partial charge in [-0.1, -0.05) is 26.3 Å². The molecule has 1 nitrogen and oxygen atoms in total. The second-order valence-corrected chi connectivity index (χ2v) is 7.19. The number of hydrogen-bond donors (Lipinski definition) is 1. The van der Waals surface area contributed by atoms with E-state index < -0.39 is 0 Å². The van der Waals surface area contributed by atoms with Crippen LogP contribution in [0.1, 0.15) is 38.7 Å². The predicted molar refractivity (Wildman–Crippen MR) is 81.8 cm³/mol. The number of likely N-dealkylation sites (N-methyl/N-ethyl adjacent to an activating group) is 1. The monoisotopic (exact) mass is 327 g/mol. The van der Waals surface area contributed by atoms with Crippen LogP contribution in [0.3, 0.4) is 0 Å². The average molecular weight is 328 g/mol. The summed E-state index contributed by atoms with van der Waals surface area (Å²) in [5.74, 6) is 0.507. The fraction of sp³-hybridized carbons (Fsp3) is 0.625. The summed E-state index contributed by atoms with van der Waals surface area (Å²) >= 11 is 3.27. The Hall–Kier alpha value is -0.410. The lowest BCUT2D eigenvalue weighted by molar-refractivity contribution is 0.201. The van der Waals surface area contributed by atoms with E-state index in [-0.39, 0.29) is 5.82 Å². The van der Waals surface area contributed by atoms with E-state index in [0.717, 1.165) is 6.42 Å². The van der Waals surface area contributed by atoms with Crippen LogP contribution in [0.25, 0.3) is 0 Å². The molecule has 1 N–H and O–H groups in total. The first-order valence-electron chi connectivity index (χ1n) is 7.05. The van der Waals surface area contributed by atoms with Crippen molar-refractivity contribution in [3.63, 3.8) is 0 Å². The number of rotatable bonds is 4. The Labute approximate surface area is 124 Å². The summed E-state index contributed by atoms with van der Waals surface area (Å²) in [6.07, 6.45) is 4.89. The molecular formula is C16H23BrFN. The number of halogens is 2. The van der Waals surface area contributed by atoms with Crippen LogP contribution in [0, 0.1) is 17.2 Å². The van der Waals surface area contributed by atoms with Crippen LogP contribution in [-0.4, -0.2) is 13.1 Å². The summed E-state index contributed by atoms with van der Waals surface area (Å²) < 4.78 is 13.8. The molecule has 3 heteroatoms. The molecule has 1 aliphatic rings. The van der Waals surface area contributed by atoms with Gasteiger partial charge < -0.3 is 5.32 Å². The van der Waals surface area contributed by atoms with Gasteiger partial charge in [0.15, 0.2) is 0 Å². The maximum absolute atomic E-state index is 13.3. The average Bonchev–Trinajstić information content (AvgIpc) is 2.70. The molecule has 1 aromatic carbocycles. The summed E-state index contributed by atoms with van der Waals surface area (Å²) in [4.78, 5) is 0. The molecule has 0 aliphatic heterocycles. The van der Waals surface area contributed by atoms with E-state index in [4.69, 9.17) is 0 Å². The second-order valence-electron chi connectivity index (χ2n) is 6.34. The molecule has 1 saturated carbocycles. The maximum Gasteiger partial charge on any atom is 0.137 e. The van der Waals surface area contributed by atoms with Crippen molar-refractivity contribution in [2.24, 2.45) is 11.3 Å². The van der Waals surface area contributed by atoms with Gasteiger partial charge in [0.25, 0.3) is 0 Å². The molecule has 0 bridgehead atoms. The third-order valence-electron chi connectivity index (χ3n) is 4.64. The topological polar surface area (TPSA) is 12.0 Å². The molecule has 2 atom stereocenters. The molecule has 0 saturated heterocycles. The standard InChI is InChI=1S/C16H23BrFN/c1-16(2)8-4-5-12(16)15(19-3)10-11-6-7-14(18)13(17)9-11/h6-7,9,12,15,19H,4-5,8,10H2,1-3H3. The maximum atomic E-state index is 13.3. The highest BCUT2D eigenvalue weighted by Gasteiger charge is 2.38. The molecule has 2 rings (SSSR count). The first-order valence-corrected chi connectivity index (χ1v) is 7.84. The van der Waals surface area contributed by atoms with Gasteiger partial charge in [-0.05, 0) is 71.3 Å². The van der Waals surface area contributed by atoms with Crippen molar-refractivity contribution in [1.29, 1.82) is 0 Å². The van der Waals surface area contributed by atoms with Crippen molar-refractivity contribution in [2.75, 3.05) is 7.05 Å². The van der Waals surface area contributed by atoms with E-state index in [9.17, 15) is 4.39 Å². The van der Waals surface area contributed by atoms with Crippen LogP contribution in [0.4, 0.5) is 4.39 Å². The summed E-state index contributed by atoms with van der Waals surface area (Å²) in [7, 11) is 2.04. The Morgan fingerprint density at radius 1 is 1.47 bits per heavy atom. The minimum absolute atomic E-state index is 0.189. The highest BCUT2D eigenvalue weighted by Crippen LogP contribution is 2.44. The SMILES string of the molecule is CNC(Cc1ccc(F)c(Br)c1)C1CCCC1(C)C. The minimum atomic E-state index is -0.189. The summed E-state index contributed by atoms with van der Waals surface area (Å²) in [5.41, 5.74) is 1.60. The first-order chi connectivity index (χ1) is 8.94. The molecule has 0 heterocycles. The molecule has 0 amide bonds. The van der Waals surface area contributed by atoms with Gasteiger partial charge in [-0.3, -0.25) is 0 Å². The van der Waals surface area contributed by atoms with Crippen molar-refractivity contribution < 1.29 is 4.39 Å². The molecule has 0 radical (unpaired) electrons. The van der Waals surface area contributed by atoms with E-state index in [0.29, 0.717) is 21.8 Å². The molecule has 1 fully saturated rings. The zero-order valence-corrected chi connectivity index (χ0v) is 13.6. The lowest BCUT2D eigenvalue weighted by atomic mass is 9.76. The number of hydrogen-bond acceptors (Lipinski definition) is 1. The Bertz CT molecular complexity index is 444.